The summed E-state index contributed by atoms with van der Waals surface area (Å²) >= 11 is 0. The van der Waals surface area contributed by atoms with Gasteiger partial charge in [0.25, 0.3) is 11.8 Å². The molecule has 6 nitrogen and oxygen atoms in total. The summed E-state index contributed by atoms with van der Waals surface area (Å²) in [6, 6.07) is 8.97. The number of rotatable bonds is 3. The van der Waals surface area contributed by atoms with Gasteiger partial charge >= 0.3 is 0 Å². The summed E-state index contributed by atoms with van der Waals surface area (Å²) in [7, 11) is 0. The van der Waals surface area contributed by atoms with Gasteiger partial charge in [-0.15, -0.1) is 0 Å². The average molecular weight is 299 g/mol. The van der Waals surface area contributed by atoms with Crippen LogP contribution < -0.4 is 10.8 Å². The van der Waals surface area contributed by atoms with Crippen LogP contribution in [0.5, 0.6) is 0 Å². The fraction of sp³-hybridized carbons (Fsp3) is 0.250. The minimum absolute atomic E-state index is 0.0841. The number of hydrogen-bond donors (Lipinski definition) is 4. The first-order chi connectivity index (χ1) is 10.7. The molecule has 3 rings (SSSR count). The first kappa shape index (κ1) is 14.3. The summed E-state index contributed by atoms with van der Waals surface area (Å²) < 4.78 is 0. The predicted octanol–water partition coefficient (Wildman–Crippen LogP) is 1.42. The molecule has 22 heavy (non-hydrogen) atoms. The lowest BCUT2D eigenvalue weighted by Crippen LogP contribution is -2.39. The van der Waals surface area contributed by atoms with Crippen molar-refractivity contribution in [3.63, 3.8) is 0 Å². The topological polar surface area (TPSA) is 94.2 Å². The number of fused-ring (bicyclic) bond motifs is 1. The maximum atomic E-state index is 12.0. The first-order valence-electron chi connectivity index (χ1n) is 7.18. The summed E-state index contributed by atoms with van der Waals surface area (Å²) in [6.07, 6.45) is 4.07. The van der Waals surface area contributed by atoms with Crippen LogP contribution in [0.1, 0.15) is 38.4 Å². The van der Waals surface area contributed by atoms with E-state index in [-0.39, 0.29) is 11.9 Å². The van der Waals surface area contributed by atoms with Crippen LogP contribution in [0, 0.1) is 0 Å². The standard InChI is InChI=1S/C16H17N3O3/c20-15(19-22)12-4-3-11-9-13(6-5-10(11)8-12)18-16(21)14-2-1-7-17-14/h1-4,7-8,13,17,22H,5-6,9H2,(H,18,21)(H,19,20). The number of carbonyl (C=O) groups excluding carboxylic acids is 2. The second-order valence-electron chi connectivity index (χ2n) is 5.42. The average Bonchev–Trinajstić information content (AvgIpc) is 3.08. The zero-order valence-corrected chi connectivity index (χ0v) is 11.9. The van der Waals surface area contributed by atoms with Crippen molar-refractivity contribution < 1.29 is 14.8 Å². The van der Waals surface area contributed by atoms with Crippen LogP contribution in [-0.4, -0.2) is 28.0 Å². The molecule has 1 heterocycles. The molecule has 0 fully saturated rings. The second kappa shape index (κ2) is 6.03. The zero-order valence-electron chi connectivity index (χ0n) is 11.9. The van der Waals surface area contributed by atoms with Gasteiger partial charge in [-0.3, -0.25) is 14.8 Å². The summed E-state index contributed by atoms with van der Waals surface area (Å²) in [5.41, 5.74) is 4.85. The lowest BCUT2D eigenvalue weighted by molar-refractivity contribution is 0.0706. The van der Waals surface area contributed by atoms with E-state index in [4.69, 9.17) is 5.21 Å². The number of aryl methyl sites for hydroxylation is 1. The molecule has 1 aromatic carbocycles. The Labute approximate surface area is 127 Å². The molecule has 0 spiro atoms. The van der Waals surface area contributed by atoms with Gasteiger partial charge in [0.2, 0.25) is 0 Å². The van der Waals surface area contributed by atoms with Crippen LogP contribution in [0.2, 0.25) is 0 Å². The summed E-state index contributed by atoms with van der Waals surface area (Å²) in [6.45, 7) is 0. The summed E-state index contributed by atoms with van der Waals surface area (Å²) in [4.78, 5) is 26.4. The Morgan fingerprint density at radius 2 is 2.05 bits per heavy atom. The van der Waals surface area contributed by atoms with E-state index in [0.717, 1.165) is 30.4 Å². The highest BCUT2D eigenvalue weighted by atomic mass is 16.5. The molecule has 4 N–H and O–H groups in total. The third kappa shape index (κ3) is 2.87. The molecule has 1 aliphatic carbocycles. The van der Waals surface area contributed by atoms with Crippen molar-refractivity contribution in [3.05, 3.63) is 58.9 Å². The Bertz CT molecular complexity index is 695. The number of benzene rings is 1. The largest absolute Gasteiger partial charge is 0.357 e. The molecule has 0 saturated heterocycles. The van der Waals surface area contributed by atoms with Crippen molar-refractivity contribution in [2.75, 3.05) is 0 Å². The predicted molar refractivity (Wildman–Crippen MR) is 79.8 cm³/mol. The number of carbonyl (C=O) groups is 2. The Morgan fingerprint density at radius 1 is 1.18 bits per heavy atom. The molecule has 2 amide bonds. The Balaban J connectivity index is 1.69. The van der Waals surface area contributed by atoms with Crippen molar-refractivity contribution in [3.8, 4) is 0 Å². The van der Waals surface area contributed by atoms with Crippen LogP contribution in [-0.2, 0) is 12.8 Å². The molecule has 1 atom stereocenters. The molecule has 2 aromatic rings. The highest BCUT2D eigenvalue weighted by Crippen LogP contribution is 2.23. The van der Waals surface area contributed by atoms with E-state index in [9.17, 15) is 9.59 Å². The molecule has 0 aliphatic heterocycles. The molecule has 1 unspecified atom stereocenters. The molecule has 0 bridgehead atoms. The molecule has 0 saturated carbocycles. The fourth-order valence-electron chi connectivity index (χ4n) is 2.82. The summed E-state index contributed by atoms with van der Waals surface area (Å²) in [5.74, 6) is -0.611. The molecule has 0 radical (unpaired) electrons. The monoisotopic (exact) mass is 299 g/mol. The molecule has 1 aliphatic rings. The van der Waals surface area contributed by atoms with E-state index in [2.05, 4.69) is 10.3 Å². The molecular formula is C16H17N3O3. The number of aromatic amines is 1. The smallest absolute Gasteiger partial charge is 0.274 e. The van der Waals surface area contributed by atoms with Gasteiger partial charge in [-0.05, 0) is 54.7 Å². The molecule has 1 aromatic heterocycles. The molecule has 114 valence electrons. The number of nitrogens with one attached hydrogen (secondary N) is 3. The first-order valence-corrected chi connectivity index (χ1v) is 7.18. The van der Waals surface area contributed by atoms with Crippen LogP contribution >= 0.6 is 0 Å². The zero-order chi connectivity index (χ0) is 15.5. The van der Waals surface area contributed by atoms with Gasteiger partial charge in [0.1, 0.15) is 5.69 Å². The number of H-pyrrole nitrogens is 1. The number of aromatic nitrogens is 1. The van der Waals surface area contributed by atoms with Crippen LogP contribution in [0.3, 0.4) is 0 Å². The number of amides is 2. The van der Waals surface area contributed by atoms with Gasteiger partial charge < -0.3 is 10.3 Å². The minimum atomic E-state index is -0.509. The van der Waals surface area contributed by atoms with Crippen molar-refractivity contribution in [2.45, 2.75) is 25.3 Å². The third-order valence-corrected chi connectivity index (χ3v) is 3.98. The highest BCUT2D eigenvalue weighted by Gasteiger charge is 2.21. The quantitative estimate of drug-likeness (QED) is 0.510. The minimum Gasteiger partial charge on any atom is -0.357 e. The fourth-order valence-corrected chi connectivity index (χ4v) is 2.82. The SMILES string of the molecule is O=C(NO)c1ccc2c(c1)CCC(NC(=O)c1ccc[nH]1)C2. The van der Waals surface area contributed by atoms with E-state index in [0.29, 0.717) is 11.3 Å². The van der Waals surface area contributed by atoms with Crippen LogP contribution in [0.4, 0.5) is 0 Å². The third-order valence-electron chi connectivity index (χ3n) is 3.98. The van der Waals surface area contributed by atoms with E-state index in [1.807, 2.05) is 6.07 Å². The second-order valence-corrected chi connectivity index (χ2v) is 5.42. The molecular weight excluding hydrogens is 282 g/mol. The number of hydroxylamine groups is 1. The van der Waals surface area contributed by atoms with Gasteiger partial charge in [-0.25, -0.2) is 5.48 Å². The Hall–Kier alpha value is -2.60. The Kier molecular flexibility index (Phi) is 3.93. The Morgan fingerprint density at radius 3 is 2.77 bits per heavy atom. The van der Waals surface area contributed by atoms with Gasteiger partial charge in [0.15, 0.2) is 0 Å². The van der Waals surface area contributed by atoms with Crippen molar-refractivity contribution in [1.82, 2.24) is 15.8 Å². The van der Waals surface area contributed by atoms with E-state index in [1.54, 1.807) is 35.9 Å². The van der Waals surface area contributed by atoms with Gasteiger partial charge in [-0.2, -0.15) is 0 Å². The lowest BCUT2D eigenvalue weighted by Gasteiger charge is -2.25. The summed E-state index contributed by atoms with van der Waals surface area (Å²) in [5, 5.41) is 11.7. The van der Waals surface area contributed by atoms with Crippen molar-refractivity contribution >= 4 is 11.8 Å². The van der Waals surface area contributed by atoms with Crippen LogP contribution in [0.15, 0.2) is 36.5 Å². The van der Waals surface area contributed by atoms with Crippen LogP contribution in [0.25, 0.3) is 0 Å². The molecule has 6 heteroatoms. The van der Waals surface area contributed by atoms with Gasteiger partial charge in [0, 0.05) is 17.8 Å². The maximum Gasteiger partial charge on any atom is 0.274 e. The van der Waals surface area contributed by atoms with Gasteiger partial charge in [-0.1, -0.05) is 6.07 Å². The highest BCUT2D eigenvalue weighted by molar-refractivity contribution is 5.94. The van der Waals surface area contributed by atoms with E-state index >= 15 is 0 Å². The number of hydrogen-bond acceptors (Lipinski definition) is 3. The normalized spacial score (nSPS) is 16.7. The van der Waals surface area contributed by atoms with E-state index < -0.39 is 5.91 Å². The van der Waals surface area contributed by atoms with E-state index in [1.165, 1.54) is 0 Å². The van der Waals surface area contributed by atoms with Gasteiger partial charge in [0.05, 0.1) is 0 Å². The lowest BCUT2D eigenvalue weighted by atomic mass is 9.87. The van der Waals surface area contributed by atoms with Crippen molar-refractivity contribution in [1.29, 1.82) is 0 Å². The maximum absolute atomic E-state index is 12.0. The van der Waals surface area contributed by atoms with Crippen molar-refractivity contribution in [2.24, 2.45) is 0 Å².